The van der Waals surface area contributed by atoms with Crippen LogP contribution < -0.4 is 20.1 Å². The molecule has 0 aromatic heterocycles. The lowest BCUT2D eigenvalue weighted by Gasteiger charge is -2.23. The van der Waals surface area contributed by atoms with Gasteiger partial charge in [0.05, 0.1) is 31.5 Å². The first-order valence-corrected chi connectivity index (χ1v) is 8.68. The van der Waals surface area contributed by atoms with Crippen molar-refractivity contribution in [2.75, 3.05) is 31.4 Å². The lowest BCUT2D eigenvalue weighted by Crippen LogP contribution is -2.24. The quantitative estimate of drug-likeness (QED) is 0.766. The van der Waals surface area contributed by atoms with Gasteiger partial charge >= 0.3 is 0 Å². The topological polar surface area (TPSA) is 59.6 Å². The molecule has 2 aromatic rings. The number of rotatable bonds is 6. The summed E-state index contributed by atoms with van der Waals surface area (Å²) in [6.45, 7) is 6.54. The summed E-state index contributed by atoms with van der Waals surface area (Å²) in [4.78, 5) is 12.4. The second-order valence-electron chi connectivity index (χ2n) is 6.88. The summed E-state index contributed by atoms with van der Waals surface area (Å²) in [6, 6.07) is 11.2. The van der Waals surface area contributed by atoms with Gasteiger partial charge in [0.15, 0.2) is 0 Å². The highest BCUT2D eigenvalue weighted by molar-refractivity contribution is 6.32. The standard InChI is InChI=1S/C20H25ClN2O3/c1-20(2,3)13-8-6-7-9-15(13)22-12-19(24)23-16-11-17(25-4)14(21)10-18(16)26-5/h6-11,22H,12H2,1-5H3,(H,23,24). The Kier molecular flexibility index (Phi) is 6.37. The second kappa shape index (κ2) is 8.32. The molecule has 5 nitrogen and oxygen atoms in total. The van der Waals surface area contributed by atoms with Crippen molar-refractivity contribution in [2.24, 2.45) is 0 Å². The van der Waals surface area contributed by atoms with Crippen LogP contribution in [-0.4, -0.2) is 26.7 Å². The molecule has 6 heteroatoms. The Morgan fingerprint density at radius 3 is 2.31 bits per heavy atom. The predicted octanol–water partition coefficient (Wildman–Crippen LogP) is 4.71. The molecule has 26 heavy (non-hydrogen) atoms. The van der Waals surface area contributed by atoms with Crippen LogP contribution in [0.25, 0.3) is 0 Å². The monoisotopic (exact) mass is 376 g/mol. The molecule has 2 aromatic carbocycles. The SMILES string of the molecule is COc1cc(NC(=O)CNc2ccccc2C(C)(C)C)c(OC)cc1Cl. The molecule has 0 radical (unpaired) electrons. The zero-order valence-corrected chi connectivity index (χ0v) is 16.5. The zero-order chi connectivity index (χ0) is 19.3. The third kappa shape index (κ3) is 4.82. The van der Waals surface area contributed by atoms with E-state index in [1.54, 1.807) is 12.1 Å². The Hall–Kier alpha value is -2.40. The Balaban J connectivity index is 2.11. The second-order valence-corrected chi connectivity index (χ2v) is 7.29. The van der Waals surface area contributed by atoms with Gasteiger partial charge in [-0.2, -0.15) is 0 Å². The van der Waals surface area contributed by atoms with Crippen molar-refractivity contribution in [1.82, 2.24) is 0 Å². The molecular formula is C20H25ClN2O3. The minimum atomic E-state index is -0.198. The summed E-state index contributed by atoms with van der Waals surface area (Å²) in [5, 5.41) is 6.45. The van der Waals surface area contributed by atoms with E-state index in [9.17, 15) is 4.79 Å². The maximum Gasteiger partial charge on any atom is 0.243 e. The van der Waals surface area contributed by atoms with E-state index < -0.39 is 0 Å². The maximum absolute atomic E-state index is 12.4. The number of methoxy groups -OCH3 is 2. The number of carbonyl (C=O) groups is 1. The Morgan fingerprint density at radius 2 is 1.69 bits per heavy atom. The average molecular weight is 377 g/mol. The molecule has 2 N–H and O–H groups in total. The lowest BCUT2D eigenvalue weighted by atomic mass is 9.86. The van der Waals surface area contributed by atoms with Gasteiger partial charge in [-0.3, -0.25) is 4.79 Å². The van der Waals surface area contributed by atoms with Crippen LogP contribution in [0.5, 0.6) is 11.5 Å². The van der Waals surface area contributed by atoms with Crippen LogP contribution in [0, 0.1) is 0 Å². The number of halogens is 1. The van der Waals surface area contributed by atoms with Crippen LogP contribution in [0.1, 0.15) is 26.3 Å². The number of anilines is 2. The molecule has 2 rings (SSSR count). The Morgan fingerprint density at radius 1 is 1.04 bits per heavy atom. The van der Waals surface area contributed by atoms with Gasteiger partial charge in [-0.1, -0.05) is 50.6 Å². The van der Waals surface area contributed by atoms with Crippen molar-refractivity contribution in [3.63, 3.8) is 0 Å². The lowest BCUT2D eigenvalue weighted by molar-refractivity contribution is -0.114. The third-order valence-corrected chi connectivity index (χ3v) is 4.22. The van der Waals surface area contributed by atoms with Gasteiger partial charge in [0.25, 0.3) is 0 Å². The van der Waals surface area contributed by atoms with Crippen LogP contribution in [0.4, 0.5) is 11.4 Å². The Bertz CT molecular complexity index is 785. The molecule has 0 spiro atoms. The zero-order valence-electron chi connectivity index (χ0n) is 15.8. The molecule has 0 aliphatic heterocycles. The predicted molar refractivity (Wildman–Crippen MR) is 107 cm³/mol. The van der Waals surface area contributed by atoms with E-state index >= 15 is 0 Å². The van der Waals surface area contributed by atoms with E-state index in [0.717, 1.165) is 11.3 Å². The third-order valence-electron chi connectivity index (χ3n) is 3.92. The van der Waals surface area contributed by atoms with E-state index in [1.165, 1.54) is 14.2 Å². The molecule has 0 saturated heterocycles. The molecule has 0 atom stereocenters. The molecule has 1 amide bonds. The summed E-state index contributed by atoms with van der Waals surface area (Å²) >= 11 is 6.09. The minimum absolute atomic E-state index is 0.0210. The van der Waals surface area contributed by atoms with Gasteiger partial charge < -0.3 is 20.1 Å². The fourth-order valence-electron chi connectivity index (χ4n) is 2.62. The number of hydrogen-bond donors (Lipinski definition) is 2. The molecule has 140 valence electrons. The number of ether oxygens (including phenoxy) is 2. The molecular weight excluding hydrogens is 352 g/mol. The van der Waals surface area contributed by atoms with Crippen LogP contribution >= 0.6 is 11.6 Å². The fraction of sp³-hybridized carbons (Fsp3) is 0.350. The van der Waals surface area contributed by atoms with E-state index in [0.29, 0.717) is 22.2 Å². The van der Waals surface area contributed by atoms with E-state index in [4.69, 9.17) is 21.1 Å². The van der Waals surface area contributed by atoms with Gasteiger partial charge in [0.1, 0.15) is 11.5 Å². The summed E-state index contributed by atoms with van der Waals surface area (Å²) in [5.41, 5.74) is 2.58. The smallest absolute Gasteiger partial charge is 0.243 e. The molecule has 0 heterocycles. The van der Waals surface area contributed by atoms with Gasteiger partial charge in [-0.05, 0) is 17.0 Å². The Labute approximate surface area is 159 Å². The van der Waals surface area contributed by atoms with Crippen LogP contribution in [0.3, 0.4) is 0 Å². The van der Waals surface area contributed by atoms with Crippen molar-refractivity contribution in [2.45, 2.75) is 26.2 Å². The number of nitrogens with one attached hydrogen (secondary N) is 2. The first kappa shape index (κ1) is 19.9. The highest BCUT2D eigenvalue weighted by Crippen LogP contribution is 2.36. The minimum Gasteiger partial charge on any atom is -0.495 e. The van der Waals surface area contributed by atoms with Gasteiger partial charge in [0.2, 0.25) is 5.91 Å². The summed E-state index contributed by atoms with van der Waals surface area (Å²) in [6.07, 6.45) is 0. The molecule has 0 saturated carbocycles. The molecule has 0 unspecified atom stereocenters. The van der Waals surface area contributed by atoms with E-state index in [1.807, 2.05) is 18.2 Å². The van der Waals surface area contributed by atoms with Crippen molar-refractivity contribution < 1.29 is 14.3 Å². The fourth-order valence-corrected chi connectivity index (χ4v) is 2.85. The largest absolute Gasteiger partial charge is 0.495 e. The van der Waals surface area contributed by atoms with Crippen LogP contribution in [-0.2, 0) is 10.2 Å². The van der Waals surface area contributed by atoms with Crippen LogP contribution in [0.15, 0.2) is 36.4 Å². The average Bonchev–Trinajstić information content (AvgIpc) is 2.60. The van der Waals surface area contributed by atoms with Gasteiger partial charge in [-0.25, -0.2) is 0 Å². The number of carbonyl (C=O) groups excluding carboxylic acids is 1. The van der Waals surface area contributed by atoms with E-state index in [2.05, 4.69) is 37.5 Å². The van der Waals surface area contributed by atoms with Crippen LogP contribution in [0.2, 0.25) is 5.02 Å². The summed E-state index contributed by atoms with van der Waals surface area (Å²) < 4.78 is 10.5. The first-order valence-electron chi connectivity index (χ1n) is 8.31. The molecule has 0 aliphatic rings. The normalized spacial score (nSPS) is 11.0. The molecule has 0 aliphatic carbocycles. The highest BCUT2D eigenvalue weighted by Gasteiger charge is 2.18. The first-order chi connectivity index (χ1) is 12.3. The van der Waals surface area contributed by atoms with Crippen molar-refractivity contribution in [3.8, 4) is 11.5 Å². The number of benzene rings is 2. The van der Waals surface area contributed by atoms with Crippen molar-refractivity contribution >= 4 is 28.9 Å². The van der Waals surface area contributed by atoms with Crippen molar-refractivity contribution in [1.29, 1.82) is 0 Å². The number of para-hydroxylation sites is 1. The summed E-state index contributed by atoms with van der Waals surface area (Å²) in [5.74, 6) is 0.740. The van der Waals surface area contributed by atoms with E-state index in [-0.39, 0.29) is 17.9 Å². The van der Waals surface area contributed by atoms with Crippen molar-refractivity contribution in [3.05, 3.63) is 47.0 Å². The van der Waals surface area contributed by atoms with Gasteiger partial charge in [0, 0.05) is 17.8 Å². The van der Waals surface area contributed by atoms with Gasteiger partial charge in [-0.15, -0.1) is 0 Å². The molecule has 0 fully saturated rings. The maximum atomic E-state index is 12.4. The highest BCUT2D eigenvalue weighted by atomic mass is 35.5. The molecule has 0 bridgehead atoms. The number of hydrogen-bond acceptors (Lipinski definition) is 4. The number of amides is 1. The summed E-state index contributed by atoms with van der Waals surface area (Å²) in [7, 11) is 3.04.